The quantitative estimate of drug-likeness (QED) is 0.857. The van der Waals surface area contributed by atoms with Crippen LogP contribution in [0.1, 0.15) is 33.3 Å². The zero-order chi connectivity index (χ0) is 14.0. The van der Waals surface area contributed by atoms with Gasteiger partial charge in [-0.05, 0) is 26.0 Å². The lowest BCUT2D eigenvalue weighted by molar-refractivity contribution is 0.101. The number of ketones is 1. The summed E-state index contributed by atoms with van der Waals surface area (Å²) >= 11 is 0. The van der Waals surface area contributed by atoms with Crippen molar-refractivity contribution in [2.24, 2.45) is 7.05 Å². The molecule has 0 aliphatic heterocycles. The molecule has 1 N–H and O–H groups in total. The Balaban J connectivity index is 2.23. The van der Waals surface area contributed by atoms with Crippen LogP contribution < -0.4 is 5.32 Å². The molecule has 1 aromatic carbocycles. The maximum Gasteiger partial charge on any atom is 0.255 e. The molecule has 0 fully saturated rings. The summed E-state index contributed by atoms with van der Waals surface area (Å²) in [6, 6.07) is 6.65. The fraction of sp³-hybridized carbons (Fsp3) is 0.214. The van der Waals surface area contributed by atoms with Crippen molar-refractivity contribution in [2.45, 2.75) is 13.8 Å². The Morgan fingerprint density at radius 1 is 1.26 bits per heavy atom. The fourth-order valence-corrected chi connectivity index (χ4v) is 1.80. The third-order valence-corrected chi connectivity index (χ3v) is 2.79. The highest BCUT2D eigenvalue weighted by atomic mass is 16.1. The lowest BCUT2D eigenvalue weighted by Crippen LogP contribution is -2.12. The van der Waals surface area contributed by atoms with Crippen molar-refractivity contribution in [3.63, 3.8) is 0 Å². The molecule has 1 aromatic heterocycles. The zero-order valence-electron chi connectivity index (χ0n) is 11.1. The summed E-state index contributed by atoms with van der Waals surface area (Å²) < 4.78 is 1.64. The van der Waals surface area contributed by atoms with E-state index >= 15 is 0 Å². The fourth-order valence-electron chi connectivity index (χ4n) is 1.80. The summed E-state index contributed by atoms with van der Waals surface area (Å²) in [4.78, 5) is 23.4. The number of hydrogen-bond donors (Lipinski definition) is 1. The van der Waals surface area contributed by atoms with E-state index in [9.17, 15) is 9.59 Å². The SMILES string of the molecule is CC(=O)c1cccc(C(=O)Nc2cn(C)nc2C)c1. The summed E-state index contributed by atoms with van der Waals surface area (Å²) in [6.45, 7) is 3.30. The van der Waals surface area contributed by atoms with Crippen molar-refractivity contribution >= 4 is 17.4 Å². The number of aryl methyl sites for hydroxylation is 2. The van der Waals surface area contributed by atoms with Crippen LogP contribution in [0.4, 0.5) is 5.69 Å². The number of anilines is 1. The van der Waals surface area contributed by atoms with Crippen LogP contribution in [0.3, 0.4) is 0 Å². The predicted octanol–water partition coefficient (Wildman–Crippen LogP) is 2.18. The van der Waals surface area contributed by atoms with Crippen molar-refractivity contribution in [1.82, 2.24) is 9.78 Å². The van der Waals surface area contributed by atoms with Crippen LogP contribution in [-0.2, 0) is 7.05 Å². The number of carbonyl (C=O) groups is 2. The van der Waals surface area contributed by atoms with Gasteiger partial charge in [-0.1, -0.05) is 12.1 Å². The number of hydrogen-bond acceptors (Lipinski definition) is 3. The van der Waals surface area contributed by atoms with Crippen LogP contribution in [0.25, 0.3) is 0 Å². The first-order valence-electron chi connectivity index (χ1n) is 5.90. The maximum atomic E-state index is 12.1. The van der Waals surface area contributed by atoms with Gasteiger partial charge in [0.05, 0.1) is 11.4 Å². The van der Waals surface area contributed by atoms with Gasteiger partial charge >= 0.3 is 0 Å². The second-order valence-corrected chi connectivity index (χ2v) is 4.39. The highest BCUT2D eigenvalue weighted by Gasteiger charge is 2.11. The molecule has 5 heteroatoms. The summed E-state index contributed by atoms with van der Waals surface area (Å²) in [6.07, 6.45) is 1.74. The van der Waals surface area contributed by atoms with E-state index in [0.29, 0.717) is 16.8 Å². The minimum Gasteiger partial charge on any atom is -0.319 e. The lowest BCUT2D eigenvalue weighted by Gasteiger charge is -2.04. The van der Waals surface area contributed by atoms with Gasteiger partial charge in [-0.2, -0.15) is 5.10 Å². The van der Waals surface area contributed by atoms with E-state index in [1.165, 1.54) is 6.92 Å². The molecule has 0 bridgehead atoms. The van der Waals surface area contributed by atoms with Gasteiger partial charge in [0.2, 0.25) is 0 Å². The lowest BCUT2D eigenvalue weighted by atomic mass is 10.1. The summed E-state index contributed by atoms with van der Waals surface area (Å²) in [5, 5.41) is 6.93. The maximum absolute atomic E-state index is 12.1. The number of benzene rings is 1. The molecule has 19 heavy (non-hydrogen) atoms. The van der Waals surface area contributed by atoms with Crippen LogP contribution in [0.15, 0.2) is 30.5 Å². The van der Waals surface area contributed by atoms with Crippen LogP contribution >= 0.6 is 0 Å². The molecule has 0 radical (unpaired) electrons. The van der Waals surface area contributed by atoms with Crippen LogP contribution in [-0.4, -0.2) is 21.5 Å². The summed E-state index contributed by atoms with van der Waals surface area (Å²) in [7, 11) is 1.79. The first kappa shape index (κ1) is 13.0. The number of nitrogens with zero attached hydrogens (tertiary/aromatic N) is 2. The van der Waals surface area contributed by atoms with Crippen molar-refractivity contribution < 1.29 is 9.59 Å². The Morgan fingerprint density at radius 2 is 1.95 bits per heavy atom. The van der Waals surface area contributed by atoms with Crippen LogP contribution in [0, 0.1) is 6.92 Å². The summed E-state index contributed by atoms with van der Waals surface area (Å²) in [5.41, 5.74) is 2.39. The zero-order valence-corrected chi connectivity index (χ0v) is 11.1. The highest BCUT2D eigenvalue weighted by Crippen LogP contribution is 2.14. The normalized spacial score (nSPS) is 10.3. The highest BCUT2D eigenvalue weighted by molar-refractivity contribution is 6.06. The monoisotopic (exact) mass is 257 g/mol. The van der Waals surface area contributed by atoms with Gasteiger partial charge in [0.25, 0.3) is 5.91 Å². The average molecular weight is 257 g/mol. The number of Topliss-reactive ketones (excluding diaryl/α,β-unsaturated/α-hetero) is 1. The molecule has 2 rings (SSSR count). The average Bonchev–Trinajstić information content (AvgIpc) is 2.68. The number of nitrogens with one attached hydrogen (secondary N) is 1. The molecule has 0 unspecified atom stereocenters. The third kappa shape index (κ3) is 2.88. The molecular weight excluding hydrogens is 242 g/mol. The molecule has 0 saturated heterocycles. The predicted molar refractivity (Wildman–Crippen MR) is 72.3 cm³/mol. The van der Waals surface area contributed by atoms with E-state index < -0.39 is 0 Å². The van der Waals surface area contributed by atoms with Gasteiger partial charge in [-0.15, -0.1) is 0 Å². The second kappa shape index (κ2) is 5.06. The van der Waals surface area contributed by atoms with E-state index in [4.69, 9.17) is 0 Å². The molecular formula is C14H15N3O2. The van der Waals surface area contributed by atoms with Gasteiger partial charge in [-0.25, -0.2) is 0 Å². The largest absolute Gasteiger partial charge is 0.319 e. The Bertz CT molecular complexity index is 644. The molecule has 1 heterocycles. The molecule has 5 nitrogen and oxygen atoms in total. The Hall–Kier alpha value is -2.43. The van der Waals surface area contributed by atoms with E-state index in [0.717, 1.165) is 5.69 Å². The minimum atomic E-state index is -0.251. The number of rotatable bonds is 3. The Kier molecular flexibility index (Phi) is 3.46. The van der Waals surface area contributed by atoms with Gasteiger partial charge in [-0.3, -0.25) is 14.3 Å². The summed E-state index contributed by atoms with van der Waals surface area (Å²) in [5.74, 6) is -0.314. The number of carbonyl (C=O) groups excluding carboxylic acids is 2. The molecule has 0 spiro atoms. The molecule has 0 atom stereocenters. The van der Waals surface area contributed by atoms with Crippen molar-refractivity contribution in [3.05, 3.63) is 47.3 Å². The standard InChI is InChI=1S/C14H15N3O2/c1-9-13(8-17(3)16-9)15-14(19)12-6-4-5-11(7-12)10(2)18/h4-8H,1-3H3,(H,15,19). The molecule has 98 valence electrons. The third-order valence-electron chi connectivity index (χ3n) is 2.79. The second-order valence-electron chi connectivity index (χ2n) is 4.39. The number of amides is 1. The first-order valence-corrected chi connectivity index (χ1v) is 5.90. The molecule has 2 aromatic rings. The van der Waals surface area contributed by atoms with E-state index in [-0.39, 0.29) is 11.7 Å². The van der Waals surface area contributed by atoms with Crippen LogP contribution in [0.5, 0.6) is 0 Å². The van der Waals surface area contributed by atoms with Crippen LogP contribution in [0.2, 0.25) is 0 Å². The molecule has 0 aliphatic carbocycles. The number of aromatic nitrogens is 2. The van der Waals surface area contributed by atoms with Gasteiger partial charge in [0.1, 0.15) is 0 Å². The Labute approximate surface area is 111 Å². The molecule has 1 amide bonds. The van der Waals surface area contributed by atoms with Crippen molar-refractivity contribution in [1.29, 1.82) is 0 Å². The van der Waals surface area contributed by atoms with Crippen molar-refractivity contribution in [3.8, 4) is 0 Å². The molecule has 0 aliphatic rings. The Morgan fingerprint density at radius 3 is 2.53 bits per heavy atom. The smallest absolute Gasteiger partial charge is 0.255 e. The topological polar surface area (TPSA) is 64.0 Å². The van der Waals surface area contributed by atoms with Crippen molar-refractivity contribution in [2.75, 3.05) is 5.32 Å². The van der Waals surface area contributed by atoms with E-state index in [1.807, 2.05) is 6.92 Å². The van der Waals surface area contributed by atoms with Gasteiger partial charge in [0, 0.05) is 24.4 Å². The van der Waals surface area contributed by atoms with Gasteiger partial charge in [0.15, 0.2) is 5.78 Å². The van der Waals surface area contributed by atoms with Gasteiger partial charge < -0.3 is 5.32 Å². The minimum absolute atomic E-state index is 0.0628. The van der Waals surface area contributed by atoms with E-state index in [1.54, 1.807) is 42.2 Å². The first-order chi connectivity index (χ1) is 8.97. The van der Waals surface area contributed by atoms with E-state index in [2.05, 4.69) is 10.4 Å². The molecule has 0 saturated carbocycles.